The highest BCUT2D eigenvalue weighted by molar-refractivity contribution is 5.98. The van der Waals surface area contributed by atoms with Crippen LogP contribution in [0.4, 0.5) is 13.2 Å². The second kappa shape index (κ2) is 8.85. The minimum absolute atomic E-state index is 0.111. The fourth-order valence-electron chi connectivity index (χ4n) is 4.70. The number of carbonyl (C=O) groups is 1. The summed E-state index contributed by atoms with van der Waals surface area (Å²) in [6.07, 6.45) is 8.01. The van der Waals surface area contributed by atoms with E-state index in [1.165, 1.54) is 0 Å². The zero-order chi connectivity index (χ0) is 22.1. The average Bonchev–Trinajstić information content (AvgIpc) is 3.53. The van der Waals surface area contributed by atoms with Crippen molar-refractivity contribution in [2.75, 3.05) is 0 Å². The van der Waals surface area contributed by atoms with Crippen LogP contribution in [0.15, 0.2) is 36.8 Å². The van der Waals surface area contributed by atoms with Crippen LogP contribution in [0.3, 0.4) is 0 Å². The van der Waals surface area contributed by atoms with Crippen LogP contribution < -0.4 is 0 Å². The number of rotatable bonds is 4. The average molecular weight is 428 g/mol. The summed E-state index contributed by atoms with van der Waals surface area (Å²) in [5.74, 6) is -2.70. The first-order valence-electron chi connectivity index (χ1n) is 11.2. The molecule has 0 atom stereocenters. The Labute approximate surface area is 180 Å². The number of aromatic nitrogens is 2. The highest BCUT2D eigenvalue weighted by Crippen LogP contribution is 2.44. The molecule has 0 saturated heterocycles. The van der Waals surface area contributed by atoms with Gasteiger partial charge in [-0.25, -0.2) is 18.2 Å². The number of hydrogen-bond donors (Lipinski definition) is 0. The van der Waals surface area contributed by atoms with E-state index in [1.54, 1.807) is 12.5 Å². The van der Waals surface area contributed by atoms with Crippen LogP contribution in [0.2, 0.25) is 0 Å². The Balaban J connectivity index is 0.00000112. The second-order valence-electron chi connectivity index (χ2n) is 8.30. The van der Waals surface area contributed by atoms with E-state index in [2.05, 4.69) is 4.98 Å². The fourth-order valence-corrected chi connectivity index (χ4v) is 4.70. The van der Waals surface area contributed by atoms with E-state index in [9.17, 15) is 18.0 Å². The van der Waals surface area contributed by atoms with Crippen LogP contribution in [-0.4, -0.2) is 15.2 Å². The number of imidazole rings is 1. The molecule has 0 amide bonds. The third kappa shape index (κ3) is 4.12. The molecule has 0 unspecified atom stereocenters. The summed E-state index contributed by atoms with van der Waals surface area (Å²) in [5, 5.41) is 0. The molecule has 2 aromatic heterocycles. The molecule has 0 N–H and O–H groups in total. The van der Waals surface area contributed by atoms with Gasteiger partial charge in [0.25, 0.3) is 0 Å². The van der Waals surface area contributed by atoms with Gasteiger partial charge in [-0.15, -0.1) is 0 Å². The van der Waals surface area contributed by atoms with Crippen molar-refractivity contribution in [3.05, 3.63) is 71.1 Å². The Hall–Kier alpha value is -2.63. The van der Waals surface area contributed by atoms with Crippen molar-refractivity contribution in [2.45, 2.75) is 64.2 Å². The Bertz CT molecular complexity index is 1100. The molecular formula is C25H27F3N2O. The SMILES string of the molecule is CC.O=C(c1c(C2CC2)ccc2cncn12)C1CCC(c2cc(F)c(F)cc2F)CC1. The lowest BCUT2D eigenvalue weighted by Gasteiger charge is -2.29. The molecular weight excluding hydrogens is 401 g/mol. The quantitative estimate of drug-likeness (QED) is 0.338. The van der Waals surface area contributed by atoms with E-state index in [1.807, 2.05) is 30.4 Å². The number of benzene rings is 1. The molecule has 2 fully saturated rings. The van der Waals surface area contributed by atoms with Crippen LogP contribution in [0.5, 0.6) is 0 Å². The Kier molecular flexibility index (Phi) is 6.17. The van der Waals surface area contributed by atoms with Crippen LogP contribution in [0.1, 0.15) is 85.8 Å². The molecule has 164 valence electrons. The molecule has 2 aliphatic rings. The monoisotopic (exact) mass is 428 g/mol. The zero-order valence-corrected chi connectivity index (χ0v) is 17.9. The maximum Gasteiger partial charge on any atom is 0.182 e. The van der Waals surface area contributed by atoms with E-state index in [0.29, 0.717) is 37.7 Å². The summed E-state index contributed by atoms with van der Waals surface area (Å²) in [6, 6.07) is 5.63. The summed E-state index contributed by atoms with van der Waals surface area (Å²) < 4.78 is 42.8. The minimum Gasteiger partial charge on any atom is -0.296 e. The number of pyridine rings is 1. The largest absolute Gasteiger partial charge is 0.296 e. The van der Waals surface area contributed by atoms with Gasteiger partial charge >= 0.3 is 0 Å². The molecule has 31 heavy (non-hydrogen) atoms. The number of ketones is 1. The molecule has 5 rings (SSSR count). The lowest BCUT2D eigenvalue weighted by atomic mass is 9.76. The third-order valence-electron chi connectivity index (χ3n) is 6.44. The molecule has 0 radical (unpaired) electrons. The van der Waals surface area contributed by atoms with Gasteiger partial charge in [0.15, 0.2) is 17.4 Å². The van der Waals surface area contributed by atoms with E-state index >= 15 is 0 Å². The standard InChI is InChI=1S/C23H21F3N2O.C2H6/c24-19-10-21(26)20(25)9-18(19)14-3-5-15(6-4-14)23(29)22-17(13-1-2-13)8-7-16-11-27-12-28(16)22;1-2/h7-15H,1-6H2;1-2H3. The number of carbonyl (C=O) groups excluding carboxylic acids is 1. The zero-order valence-electron chi connectivity index (χ0n) is 17.9. The Morgan fingerprint density at radius 2 is 1.48 bits per heavy atom. The predicted molar refractivity (Wildman–Crippen MR) is 114 cm³/mol. The molecule has 2 aliphatic carbocycles. The van der Waals surface area contributed by atoms with Crippen LogP contribution in [-0.2, 0) is 0 Å². The summed E-state index contributed by atoms with van der Waals surface area (Å²) in [5.41, 5.74) is 2.93. The van der Waals surface area contributed by atoms with Gasteiger partial charge in [0, 0.05) is 12.0 Å². The first-order valence-corrected chi connectivity index (χ1v) is 11.2. The third-order valence-corrected chi connectivity index (χ3v) is 6.44. The first-order chi connectivity index (χ1) is 15.0. The van der Waals surface area contributed by atoms with Crippen LogP contribution >= 0.6 is 0 Å². The predicted octanol–water partition coefficient (Wildman–Crippen LogP) is 6.81. The van der Waals surface area contributed by atoms with Crippen LogP contribution in [0, 0.1) is 23.4 Å². The molecule has 2 heterocycles. The van der Waals surface area contributed by atoms with Gasteiger partial charge in [0.05, 0.1) is 23.7 Å². The summed E-state index contributed by atoms with van der Waals surface area (Å²) >= 11 is 0. The van der Waals surface area contributed by atoms with Crippen molar-refractivity contribution >= 4 is 11.3 Å². The maximum atomic E-state index is 14.1. The van der Waals surface area contributed by atoms with Gasteiger partial charge in [-0.2, -0.15) is 0 Å². The van der Waals surface area contributed by atoms with Gasteiger partial charge in [0.2, 0.25) is 0 Å². The van der Waals surface area contributed by atoms with E-state index in [4.69, 9.17) is 0 Å². The molecule has 3 nitrogen and oxygen atoms in total. The van der Waals surface area contributed by atoms with E-state index in [0.717, 1.165) is 35.7 Å². The number of fused-ring (bicyclic) bond motifs is 1. The summed E-state index contributed by atoms with van der Waals surface area (Å²) in [6.45, 7) is 4.00. The van der Waals surface area contributed by atoms with Crippen molar-refractivity contribution < 1.29 is 18.0 Å². The maximum absolute atomic E-state index is 14.1. The van der Waals surface area contributed by atoms with Gasteiger partial charge in [-0.1, -0.05) is 19.9 Å². The molecule has 3 aromatic rings. The number of hydrogen-bond acceptors (Lipinski definition) is 2. The van der Waals surface area contributed by atoms with Crippen molar-refractivity contribution in [2.24, 2.45) is 5.92 Å². The van der Waals surface area contributed by atoms with Gasteiger partial charge in [0.1, 0.15) is 5.82 Å². The number of Topliss-reactive ketones (excluding diaryl/α,β-unsaturated/α-hetero) is 1. The Morgan fingerprint density at radius 1 is 0.871 bits per heavy atom. The van der Waals surface area contributed by atoms with E-state index < -0.39 is 17.5 Å². The first kappa shape index (κ1) is 21.6. The van der Waals surface area contributed by atoms with E-state index in [-0.39, 0.29) is 23.2 Å². The summed E-state index contributed by atoms with van der Waals surface area (Å²) in [4.78, 5) is 17.6. The van der Waals surface area contributed by atoms with Gasteiger partial charge in [-0.3, -0.25) is 9.20 Å². The lowest BCUT2D eigenvalue weighted by Crippen LogP contribution is -2.24. The van der Waals surface area contributed by atoms with Crippen molar-refractivity contribution in [1.29, 1.82) is 0 Å². The van der Waals surface area contributed by atoms with Crippen molar-refractivity contribution in [3.8, 4) is 0 Å². The molecule has 6 heteroatoms. The normalized spacial score (nSPS) is 20.9. The highest BCUT2D eigenvalue weighted by Gasteiger charge is 2.34. The fraction of sp³-hybridized carbons (Fsp3) is 0.440. The minimum atomic E-state index is -1.17. The topological polar surface area (TPSA) is 34.4 Å². The molecule has 2 saturated carbocycles. The molecule has 0 bridgehead atoms. The molecule has 1 aromatic carbocycles. The van der Waals surface area contributed by atoms with Gasteiger partial charge < -0.3 is 0 Å². The smallest absolute Gasteiger partial charge is 0.182 e. The highest BCUT2D eigenvalue weighted by atomic mass is 19.2. The number of halogens is 3. The van der Waals surface area contributed by atoms with Crippen LogP contribution in [0.25, 0.3) is 5.52 Å². The van der Waals surface area contributed by atoms with Gasteiger partial charge in [-0.05, 0) is 73.6 Å². The summed E-state index contributed by atoms with van der Waals surface area (Å²) in [7, 11) is 0. The molecule has 0 spiro atoms. The number of nitrogens with zero attached hydrogens (tertiary/aromatic N) is 2. The van der Waals surface area contributed by atoms with Crippen molar-refractivity contribution in [3.63, 3.8) is 0 Å². The Morgan fingerprint density at radius 3 is 2.16 bits per heavy atom. The lowest BCUT2D eigenvalue weighted by molar-refractivity contribution is 0.0875. The van der Waals surface area contributed by atoms with Crippen molar-refractivity contribution in [1.82, 2.24) is 9.38 Å². The molecule has 0 aliphatic heterocycles. The second-order valence-corrected chi connectivity index (χ2v) is 8.30.